The molecule has 1 spiro atoms. The van der Waals surface area contributed by atoms with E-state index in [2.05, 4.69) is 46.9 Å². The monoisotopic (exact) mass is 488 g/mol. The number of hydrogen-bond acceptors (Lipinski definition) is 5. The van der Waals surface area contributed by atoms with Crippen LogP contribution in [0.2, 0.25) is 0 Å². The van der Waals surface area contributed by atoms with Gasteiger partial charge >= 0.3 is 6.09 Å². The van der Waals surface area contributed by atoms with Crippen molar-refractivity contribution in [1.29, 1.82) is 0 Å². The normalized spacial score (nSPS) is 22.4. The molecule has 3 rings (SSSR count). The van der Waals surface area contributed by atoms with Gasteiger partial charge in [-0.3, -0.25) is 9.69 Å². The van der Waals surface area contributed by atoms with E-state index in [0.29, 0.717) is 31.4 Å². The van der Waals surface area contributed by atoms with Gasteiger partial charge in [0.25, 0.3) is 0 Å². The first-order chi connectivity index (χ1) is 16.1. The standard InChI is InChI=1S/C28H44N2O5/c1-25(2,3)20-17-19(18-21(23(20)32)26(4,5)6)11-12-22(31)29-15-16-30-24(33)35-28(27(30,7)34)13-9-8-10-14-28/h17-18,32,34H,8-16H2,1-7H3,(H,29,31)/t27-/m1/s1. The lowest BCUT2D eigenvalue weighted by atomic mass is 9.77. The molecule has 0 aromatic heterocycles. The number of phenols is 1. The van der Waals surface area contributed by atoms with E-state index < -0.39 is 17.4 Å². The first-order valence-corrected chi connectivity index (χ1v) is 12.9. The maximum Gasteiger partial charge on any atom is 0.412 e. The Kier molecular flexibility index (Phi) is 7.52. The SMILES string of the molecule is CC(C)(C)c1cc(CCC(=O)NCCN2C(=O)OC3(CCCCC3)[C@@]2(C)O)cc(C(C)(C)C)c1O. The van der Waals surface area contributed by atoms with Gasteiger partial charge in [0, 0.05) is 19.5 Å². The molecule has 0 unspecified atom stereocenters. The lowest BCUT2D eigenvalue weighted by Gasteiger charge is -2.42. The molecular formula is C28H44N2O5. The smallest absolute Gasteiger partial charge is 0.412 e. The molecule has 35 heavy (non-hydrogen) atoms. The van der Waals surface area contributed by atoms with Gasteiger partial charge in [0.1, 0.15) is 5.75 Å². The number of carbonyl (C=O) groups is 2. The molecule has 2 aliphatic rings. The third kappa shape index (κ3) is 5.60. The predicted molar refractivity (Wildman–Crippen MR) is 136 cm³/mol. The van der Waals surface area contributed by atoms with Crippen LogP contribution in [0.5, 0.6) is 5.75 Å². The minimum atomic E-state index is -1.38. The molecule has 2 amide bonds. The van der Waals surface area contributed by atoms with Gasteiger partial charge in [0.2, 0.25) is 5.91 Å². The second-order valence-electron chi connectivity index (χ2n) is 12.5. The number of aliphatic hydroxyl groups is 1. The summed E-state index contributed by atoms with van der Waals surface area (Å²) in [5.74, 6) is 0.214. The summed E-state index contributed by atoms with van der Waals surface area (Å²) in [5, 5.41) is 24.9. The molecule has 7 nitrogen and oxygen atoms in total. The highest BCUT2D eigenvalue weighted by atomic mass is 16.6. The van der Waals surface area contributed by atoms with Crippen LogP contribution in [0.4, 0.5) is 4.79 Å². The summed E-state index contributed by atoms with van der Waals surface area (Å²) < 4.78 is 5.67. The maximum absolute atomic E-state index is 12.6. The molecular weight excluding hydrogens is 444 g/mol. The van der Waals surface area contributed by atoms with Crippen LogP contribution in [-0.4, -0.2) is 51.5 Å². The van der Waals surface area contributed by atoms with Crippen LogP contribution in [0.3, 0.4) is 0 Å². The van der Waals surface area contributed by atoms with Gasteiger partial charge in [0.15, 0.2) is 11.3 Å². The van der Waals surface area contributed by atoms with Crippen molar-refractivity contribution in [1.82, 2.24) is 10.2 Å². The van der Waals surface area contributed by atoms with E-state index >= 15 is 0 Å². The number of benzene rings is 1. The summed E-state index contributed by atoms with van der Waals surface area (Å²) in [4.78, 5) is 26.5. The number of aryl methyl sites for hydroxylation is 1. The van der Waals surface area contributed by atoms with Crippen molar-refractivity contribution in [2.75, 3.05) is 13.1 Å². The van der Waals surface area contributed by atoms with Crippen LogP contribution in [-0.2, 0) is 26.8 Å². The topological polar surface area (TPSA) is 99.1 Å². The van der Waals surface area contributed by atoms with Crippen LogP contribution in [0.1, 0.15) is 104 Å². The fraction of sp³-hybridized carbons (Fsp3) is 0.714. The summed E-state index contributed by atoms with van der Waals surface area (Å²) in [6, 6.07) is 4.00. The number of hydrogen-bond donors (Lipinski definition) is 3. The summed E-state index contributed by atoms with van der Waals surface area (Å²) in [6.07, 6.45) is 4.59. The lowest BCUT2D eigenvalue weighted by Crippen LogP contribution is -2.58. The molecule has 1 heterocycles. The average molecular weight is 489 g/mol. The minimum Gasteiger partial charge on any atom is -0.507 e. The predicted octanol–water partition coefficient (Wildman–Crippen LogP) is 4.90. The molecule has 1 aromatic carbocycles. The Hall–Kier alpha value is -2.28. The van der Waals surface area contributed by atoms with Crippen molar-refractivity contribution in [2.45, 2.75) is 116 Å². The molecule has 1 saturated carbocycles. The number of nitrogens with zero attached hydrogens (tertiary/aromatic N) is 1. The van der Waals surface area contributed by atoms with E-state index in [1.165, 1.54) is 4.90 Å². The number of amides is 2. The zero-order chi connectivity index (χ0) is 26.2. The van der Waals surface area contributed by atoms with Gasteiger partial charge in [0.05, 0.1) is 0 Å². The van der Waals surface area contributed by atoms with Crippen molar-refractivity contribution in [3.05, 3.63) is 28.8 Å². The molecule has 0 bridgehead atoms. The van der Waals surface area contributed by atoms with E-state index in [9.17, 15) is 19.8 Å². The molecule has 3 N–H and O–H groups in total. The van der Waals surface area contributed by atoms with Crippen LogP contribution in [0, 0.1) is 0 Å². The zero-order valence-corrected chi connectivity index (χ0v) is 22.6. The highest BCUT2D eigenvalue weighted by Crippen LogP contribution is 2.46. The van der Waals surface area contributed by atoms with Crippen LogP contribution < -0.4 is 5.32 Å². The van der Waals surface area contributed by atoms with E-state index in [4.69, 9.17) is 4.74 Å². The molecule has 196 valence electrons. The quantitative estimate of drug-likeness (QED) is 0.529. The minimum absolute atomic E-state index is 0.118. The number of nitrogens with one attached hydrogen (secondary N) is 1. The van der Waals surface area contributed by atoms with Crippen LogP contribution >= 0.6 is 0 Å². The molecule has 1 aromatic rings. The van der Waals surface area contributed by atoms with E-state index in [-0.39, 0.29) is 29.8 Å². The number of carbonyl (C=O) groups excluding carboxylic acids is 2. The molecule has 2 fully saturated rings. The van der Waals surface area contributed by atoms with Gasteiger partial charge in [-0.2, -0.15) is 0 Å². The van der Waals surface area contributed by atoms with Gasteiger partial charge in [-0.1, -0.05) is 60.1 Å². The molecule has 1 aliphatic carbocycles. The largest absolute Gasteiger partial charge is 0.507 e. The average Bonchev–Trinajstić information content (AvgIpc) is 2.91. The Morgan fingerprint density at radius 1 is 1.06 bits per heavy atom. The number of aromatic hydroxyl groups is 1. The number of rotatable bonds is 6. The Labute approximate surface area is 210 Å². The lowest BCUT2D eigenvalue weighted by molar-refractivity contribution is -0.158. The van der Waals surface area contributed by atoms with Crippen LogP contribution in [0.15, 0.2) is 12.1 Å². The second-order valence-corrected chi connectivity index (χ2v) is 12.5. The Morgan fingerprint density at radius 2 is 1.60 bits per heavy atom. The van der Waals surface area contributed by atoms with Gasteiger partial charge < -0.3 is 20.3 Å². The van der Waals surface area contributed by atoms with Crippen LogP contribution in [0.25, 0.3) is 0 Å². The Bertz CT molecular complexity index is 914. The van der Waals surface area contributed by atoms with E-state index in [1.54, 1.807) is 6.92 Å². The molecule has 0 radical (unpaired) electrons. The fourth-order valence-electron chi connectivity index (χ4n) is 5.39. The van der Waals surface area contributed by atoms with Crippen molar-refractivity contribution in [3.63, 3.8) is 0 Å². The van der Waals surface area contributed by atoms with Gasteiger partial charge in [-0.25, -0.2) is 4.79 Å². The first-order valence-electron chi connectivity index (χ1n) is 12.9. The van der Waals surface area contributed by atoms with E-state index in [1.807, 2.05) is 12.1 Å². The van der Waals surface area contributed by atoms with Gasteiger partial charge in [-0.15, -0.1) is 0 Å². The van der Waals surface area contributed by atoms with Crippen molar-refractivity contribution in [2.24, 2.45) is 0 Å². The molecule has 1 atom stereocenters. The number of phenolic OH excluding ortho intramolecular Hbond substituents is 1. The zero-order valence-electron chi connectivity index (χ0n) is 22.6. The maximum atomic E-state index is 12.6. The molecule has 7 heteroatoms. The Morgan fingerprint density at radius 3 is 2.11 bits per heavy atom. The summed E-state index contributed by atoms with van der Waals surface area (Å²) in [7, 11) is 0. The highest BCUT2D eigenvalue weighted by Gasteiger charge is 2.61. The summed E-state index contributed by atoms with van der Waals surface area (Å²) in [6.45, 7) is 14.5. The van der Waals surface area contributed by atoms with Gasteiger partial charge in [-0.05, 0) is 66.5 Å². The van der Waals surface area contributed by atoms with Crippen molar-refractivity contribution >= 4 is 12.0 Å². The second kappa shape index (κ2) is 9.64. The van der Waals surface area contributed by atoms with E-state index in [0.717, 1.165) is 36.0 Å². The highest BCUT2D eigenvalue weighted by molar-refractivity contribution is 5.76. The molecule has 1 aliphatic heterocycles. The molecule has 1 saturated heterocycles. The van der Waals surface area contributed by atoms with Crippen molar-refractivity contribution in [3.8, 4) is 5.75 Å². The Balaban J connectivity index is 1.60. The third-order valence-corrected chi connectivity index (χ3v) is 7.64. The van der Waals surface area contributed by atoms with Crippen molar-refractivity contribution < 1.29 is 24.5 Å². The third-order valence-electron chi connectivity index (χ3n) is 7.64. The summed E-state index contributed by atoms with van der Waals surface area (Å²) in [5.41, 5.74) is 0.101. The number of ether oxygens (including phenoxy) is 1. The first kappa shape index (κ1) is 27.3. The summed E-state index contributed by atoms with van der Waals surface area (Å²) >= 11 is 0. The fourth-order valence-corrected chi connectivity index (χ4v) is 5.39.